The highest BCUT2D eigenvalue weighted by Crippen LogP contribution is 2.21. The molecule has 0 spiro atoms. The summed E-state index contributed by atoms with van der Waals surface area (Å²) in [6, 6.07) is 0. The van der Waals surface area contributed by atoms with Gasteiger partial charge in [-0.25, -0.2) is 0 Å². The van der Waals surface area contributed by atoms with Gasteiger partial charge in [0.25, 0.3) is 5.91 Å². The third-order valence-electron chi connectivity index (χ3n) is 2.50. The monoisotopic (exact) mass is 197 g/mol. The normalized spacial score (nSPS) is 19.9. The van der Waals surface area contributed by atoms with Gasteiger partial charge < -0.3 is 11.1 Å². The number of rotatable bonds is 3. The fourth-order valence-corrected chi connectivity index (χ4v) is 1.51. The zero-order valence-corrected chi connectivity index (χ0v) is 8.46. The standard InChI is InChI=1S/C9H15N3O2/c1-3-9(4-2)11-6(8(10)14)5-7(13)12-9/h3-5H2,1-2H3,(H2,10,14)(H,12,13). The van der Waals surface area contributed by atoms with Gasteiger partial charge in [-0.2, -0.15) is 0 Å². The van der Waals surface area contributed by atoms with Crippen molar-refractivity contribution in [2.24, 2.45) is 10.7 Å². The van der Waals surface area contributed by atoms with Crippen molar-refractivity contribution in [2.45, 2.75) is 38.8 Å². The minimum atomic E-state index is -0.625. The number of hydrogen-bond acceptors (Lipinski definition) is 3. The Morgan fingerprint density at radius 2 is 2.14 bits per heavy atom. The average Bonchev–Trinajstić information content (AvgIpc) is 2.16. The summed E-state index contributed by atoms with van der Waals surface area (Å²) < 4.78 is 0. The molecule has 1 aliphatic rings. The van der Waals surface area contributed by atoms with Crippen molar-refractivity contribution in [2.75, 3.05) is 0 Å². The number of nitrogens with one attached hydrogen (secondary N) is 1. The van der Waals surface area contributed by atoms with Gasteiger partial charge in [-0.1, -0.05) is 13.8 Å². The van der Waals surface area contributed by atoms with Crippen LogP contribution in [0.15, 0.2) is 4.99 Å². The zero-order chi connectivity index (χ0) is 10.8. The van der Waals surface area contributed by atoms with Crippen molar-refractivity contribution in [1.82, 2.24) is 5.32 Å². The molecule has 78 valence electrons. The van der Waals surface area contributed by atoms with Crippen molar-refractivity contribution in [3.05, 3.63) is 0 Å². The Kier molecular flexibility index (Phi) is 2.88. The van der Waals surface area contributed by atoms with Crippen LogP contribution in [0.4, 0.5) is 0 Å². The second-order valence-corrected chi connectivity index (χ2v) is 3.39. The van der Waals surface area contributed by atoms with Crippen molar-refractivity contribution in [3.8, 4) is 0 Å². The third kappa shape index (κ3) is 1.92. The molecule has 3 N–H and O–H groups in total. The Bertz CT molecular complexity index is 292. The SMILES string of the molecule is CCC1(CC)N=C(C(N)=O)CC(=O)N1. The molecule has 0 aromatic carbocycles. The summed E-state index contributed by atoms with van der Waals surface area (Å²) >= 11 is 0. The highest BCUT2D eigenvalue weighted by molar-refractivity contribution is 6.41. The first-order valence-corrected chi connectivity index (χ1v) is 4.72. The number of aliphatic imine (C=N–C) groups is 1. The van der Waals surface area contributed by atoms with Crippen LogP contribution < -0.4 is 11.1 Å². The Morgan fingerprint density at radius 3 is 2.57 bits per heavy atom. The predicted octanol–water partition coefficient (Wildman–Crippen LogP) is -0.0511. The second-order valence-electron chi connectivity index (χ2n) is 3.39. The maximum absolute atomic E-state index is 11.3. The van der Waals surface area contributed by atoms with Crippen LogP contribution in [0.25, 0.3) is 0 Å². The average molecular weight is 197 g/mol. The van der Waals surface area contributed by atoms with Crippen LogP contribution in [0, 0.1) is 0 Å². The molecule has 1 heterocycles. The van der Waals surface area contributed by atoms with E-state index in [9.17, 15) is 9.59 Å². The Hall–Kier alpha value is -1.39. The molecule has 0 fully saturated rings. The number of amides is 2. The number of nitrogens with two attached hydrogens (primary N) is 1. The smallest absolute Gasteiger partial charge is 0.263 e. The first-order chi connectivity index (χ1) is 6.53. The second kappa shape index (κ2) is 3.77. The van der Waals surface area contributed by atoms with Crippen LogP contribution in [-0.2, 0) is 9.59 Å². The largest absolute Gasteiger partial charge is 0.365 e. The highest BCUT2D eigenvalue weighted by Gasteiger charge is 2.33. The van der Waals surface area contributed by atoms with Gasteiger partial charge in [0.1, 0.15) is 11.4 Å². The lowest BCUT2D eigenvalue weighted by Gasteiger charge is -2.32. The van der Waals surface area contributed by atoms with Gasteiger partial charge in [-0.15, -0.1) is 0 Å². The Balaban J connectivity index is 3.03. The van der Waals surface area contributed by atoms with Gasteiger partial charge in [-0.05, 0) is 12.8 Å². The van der Waals surface area contributed by atoms with Gasteiger partial charge in [-0.3, -0.25) is 14.6 Å². The summed E-state index contributed by atoms with van der Waals surface area (Å²) in [7, 11) is 0. The minimum absolute atomic E-state index is 0.00289. The number of carbonyl (C=O) groups is 2. The van der Waals surface area contributed by atoms with Crippen molar-refractivity contribution in [3.63, 3.8) is 0 Å². The molecule has 0 aromatic heterocycles. The summed E-state index contributed by atoms with van der Waals surface area (Å²) in [5.41, 5.74) is 4.66. The lowest BCUT2D eigenvalue weighted by atomic mass is 10.0. The minimum Gasteiger partial charge on any atom is -0.365 e. The molecule has 0 saturated heterocycles. The topological polar surface area (TPSA) is 84.5 Å². The Morgan fingerprint density at radius 1 is 1.57 bits per heavy atom. The molecule has 1 aliphatic heterocycles. The molecule has 0 saturated carbocycles. The quantitative estimate of drug-likeness (QED) is 0.664. The third-order valence-corrected chi connectivity index (χ3v) is 2.50. The molecule has 5 nitrogen and oxygen atoms in total. The molecule has 0 radical (unpaired) electrons. The molecule has 5 heteroatoms. The van der Waals surface area contributed by atoms with E-state index < -0.39 is 11.6 Å². The first-order valence-electron chi connectivity index (χ1n) is 4.72. The molecule has 0 unspecified atom stereocenters. The van der Waals surface area contributed by atoms with Crippen LogP contribution in [0.2, 0.25) is 0 Å². The van der Waals surface area contributed by atoms with E-state index in [0.717, 1.165) is 0 Å². The molecular formula is C9H15N3O2. The summed E-state index contributed by atoms with van der Waals surface area (Å²) in [5, 5.41) is 2.78. The summed E-state index contributed by atoms with van der Waals surface area (Å²) in [6.45, 7) is 3.83. The van der Waals surface area contributed by atoms with Crippen molar-refractivity contribution >= 4 is 17.5 Å². The van der Waals surface area contributed by atoms with E-state index in [2.05, 4.69) is 10.3 Å². The van der Waals surface area contributed by atoms with Crippen LogP contribution in [0.3, 0.4) is 0 Å². The predicted molar refractivity (Wildman–Crippen MR) is 52.7 cm³/mol. The molecule has 0 bridgehead atoms. The maximum atomic E-state index is 11.3. The molecule has 2 amide bonds. The first kappa shape index (κ1) is 10.7. The highest BCUT2D eigenvalue weighted by atomic mass is 16.2. The Labute approximate surface area is 82.8 Å². The molecular weight excluding hydrogens is 182 g/mol. The van der Waals surface area contributed by atoms with Crippen molar-refractivity contribution < 1.29 is 9.59 Å². The number of hydrogen-bond donors (Lipinski definition) is 2. The van der Waals surface area contributed by atoms with Gasteiger partial charge in [0, 0.05) is 0 Å². The van der Waals surface area contributed by atoms with Crippen molar-refractivity contribution in [1.29, 1.82) is 0 Å². The van der Waals surface area contributed by atoms with Gasteiger partial charge >= 0.3 is 0 Å². The number of primary amides is 1. The van der Waals surface area contributed by atoms with E-state index in [0.29, 0.717) is 12.8 Å². The fourth-order valence-electron chi connectivity index (χ4n) is 1.51. The molecule has 1 rings (SSSR count). The zero-order valence-electron chi connectivity index (χ0n) is 8.46. The molecule has 14 heavy (non-hydrogen) atoms. The van der Waals surface area contributed by atoms with Crippen LogP contribution in [0.5, 0.6) is 0 Å². The number of carbonyl (C=O) groups excluding carboxylic acids is 2. The van der Waals surface area contributed by atoms with E-state index >= 15 is 0 Å². The fraction of sp³-hybridized carbons (Fsp3) is 0.667. The number of nitrogens with zero attached hydrogens (tertiary/aromatic N) is 1. The lowest BCUT2D eigenvalue weighted by Crippen LogP contribution is -2.52. The summed E-state index contributed by atoms with van der Waals surface area (Å²) in [5.74, 6) is -0.788. The molecule has 0 aliphatic carbocycles. The maximum Gasteiger partial charge on any atom is 0.263 e. The van der Waals surface area contributed by atoms with E-state index in [1.807, 2.05) is 13.8 Å². The van der Waals surface area contributed by atoms with Gasteiger partial charge in [0.2, 0.25) is 5.91 Å². The van der Waals surface area contributed by atoms with Gasteiger partial charge in [0.05, 0.1) is 6.42 Å². The summed E-state index contributed by atoms with van der Waals surface area (Å²) in [6.07, 6.45) is 1.31. The summed E-state index contributed by atoms with van der Waals surface area (Å²) in [4.78, 5) is 26.5. The lowest BCUT2D eigenvalue weighted by molar-refractivity contribution is -0.123. The molecule has 0 atom stereocenters. The van der Waals surface area contributed by atoms with E-state index in [1.165, 1.54) is 0 Å². The van der Waals surface area contributed by atoms with E-state index in [1.54, 1.807) is 0 Å². The van der Waals surface area contributed by atoms with E-state index in [4.69, 9.17) is 5.73 Å². The van der Waals surface area contributed by atoms with Crippen LogP contribution in [-0.4, -0.2) is 23.2 Å². The van der Waals surface area contributed by atoms with Crippen LogP contribution in [0.1, 0.15) is 33.1 Å². The van der Waals surface area contributed by atoms with E-state index in [-0.39, 0.29) is 18.0 Å². The molecule has 0 aromatic rings. The van der Waals surface area contributed by atoms with Gasteiger partial charge in [0.15, 0.2) is 0 Å². The van der Waals surface area contributed by atoms with Crippen LogP contribution >= 0.6 is 0 Å².